The first-order valence-corrected chi connectivity index (χ1v) is 8.85. The maximum atomic E-state index is 13.6. The Balaban J connectivity index is 1.90. The highest BCUT2D eigenvalue weighted by molar-refractivity contribution is 5.84. The molecule has 0 spiro atoms. The van der Waals surface area contributed by atoms with Gasteiger partial charge < -0.3 is 0 Å². The van der Waals surface area contributed by atoms with Gasteiger partial charge in [-0.2, -0.15) is 13.2 Å². The third-order valence-corrected chi connectivity index (χ3v) is 4.75. The number of imidazole rings is 1. The molecule has 0 radical (unpaired) electrons. The summed E-state index contributed by atoms with van der Waals surface area (Å²) >= 11 is 0. The van der Waals surface area contributed by atoms with Crippen LogP contribution >= 0.6 is 0 Å². The predicted octanol–water partition coefficient (Wildman–Crippen LogP) is 6.86. The molecule has 2 aromatic heterocycles. The van der Waals surface area contributed by atoms with Crippen LogP contribution in [-0.2, 0) is 6.18 Å². The Hall–Kier alpha value is -3.41. The molecule has 29 heavy (non-hydrogen) atoms. The van der Waals surface area contributed by atoms with Crippen LogP contribution in [0, 0.1) is 5.82 Å². The van der Waals surface area contributed by atoms with Gasteiger partial charge in [-0.25, -0.2) is 9.37 Å². The Labute approximate surface area is 164 Å². The summed E-state index contributed by atoms with van der Waals surface area (Å²) in [5, 5.41) is 0. The number of halogens is 4. The Bertz CT molecular complexity index is 1240. The maximum absolute atomic E-state index is 13.6. The lowest BCUT2D eigenvalue weighted by atomic mass is 9.95. The first-order valence-electron chi connectivity index (χ1n) is 8.85. The Morgan fingerprint density at radius 3 is 2.48 bits per heavy atom. The molecule has 0 aliphatic heterocycles. The molecule has 0 unspecified atom stereocenters. The van der Waals surface area contributed by atoms with Gasteiger partial charge in [0, 0.05) is 17.3 Å². The fourth-order valence-corrected chi connectivity index (χ4v) is 3.42. The molecule has 4 rings (SSSR count). The minimum atomic E-state index is -4.46. The molecule has 0 N–H and O–H groups in total. The van der Waals surface area contributed by atoms with Crippen molar-refractivity contribution < 1.29 is 17.6 Å². The van der Waals surface area contributed by atoms with Gasteiger partial charge in [0.2, 0.25) is 0 Å². The van der Waals surface area contributed by atoms with Gasteiger partial charge in [-0.05, 0) is 48.4 Å². The zero-order chi connectivity index (χ0) is 20.8. The van der Waals surface area contributed by atoms with E-state index in [4.69, 9.17) is 0 Å². The number of benzene rings is 2. The third kappa shape index (κ3) is 3.42. The smallest absolute Gasteiger partial charge is 0.299 e. The number of hydrogen-bond donors (Lipinski definition) is 0. The summed E-state index contributed by atoms with van der Waals surface area (Å²) in [4.78, 5) is 4.41. The SMILES string of the molecule is C=C(C)c1cc(-c2cccn3c(-c4cccc(F)c4)ncc23)ccc1C(F)(F)F. The van der Waals surface area contributed by atoms with Crippen LogP contribution in [0.25, 0.3) is 33.6 Å². The largest absolute Gasteiger partial charge is 0.416 e. The van der Waals surface area contributed by atoms with Crippen molar-refractivity contribution in [2.75, 3.05) is 0 Å². The van der Waals surface area contributed by atoms with Crippen molar-refractivity contribution in [1.82, 2.24) is 9.38 Å². The van der Waals surface area contributed by atoms with Crippen LogP contribution in [0.15, 0.2) is 73.6 Å². The topological polar surface area (TPSA) is 17.3 Å². The van der Waals surface area contributed by atoms with E-state index in [1.165, 1.54) is 24.3 Å². The summed E-state index contributed by atoms with van der Waals surface area (Å²) in [6.07, 6.45) is -1.04. The van der Waals surface area contributed by atoms with E-state index < -0.39 is 11.7 Å². The monoisotopic (exact) mass is 396 g/mol. The van der Waals surface area contributed by atoms with Crippen LogP contribution in [0.3, 0.4) is 0 Å². The first kappa shape index (κ1) is 18.9. The van der Waals surface area contributed by atoms with E-state index in [0.29, 0.717) is 28.0 Å². The third-order valence-electron chi connectivity index (χ3n) is 4.75. The van der Waals surface area contributed by atoms with Crippen molar-refractivity contribution in [2.24, 2.45) is 0 Å². The van der Waals surface area contributed by atoms with E-state index in [1.807, 2.05) is 6.07 Å². The normalized spacial score (nSPS) is 11.8. The lowest BCUT2D eigenvalue weighted by Crippen LogP contribution is -2.08. The lowest BCUT2D eigenvalue weighted by molar-refractivity contribution is -0.137. The number of rotatable bonds is 3. The van der Waals surface area contributed by atoms with Crippen molar-refractivity contribution in [3.63, 3.8) is 0 Å². The number of aromatic nitrogens is 2. The second-order valence-electron chi connectivity index (χ2n) is 6.81. The summed E-state index contributed by atoms with van der Waals surface area (Å²) in [7, 11) is 0. The van der Waals surface area contributed by atoms with Crippen LogP contribution in [0.4, 0.5) is 17.6 Å². The van der Waals surface area contributed by atoms with Crippen molar-refractivity contribution in [2.45, 2.75) is 13.1 Å². The first-order chi connectivity index (χ1) is 13.8. The molecule has 0 bridgehead atoms. The van der Waals surface area contributed by atoms with E-state index in [-0.39, 0.29) is 11.4 Å². The van der Waals surface area contributed by atoms with E-state index in [2.05, 4.69) is 11.6 Å². The summed E-state index contributed by atoms with van der Waals surface area (Å²) in [5.41, 5.74) is 2.33. The standard InChI is InChI=1S/C23H16F4N2/c1-14(2)19-12-15(8-9-20(19)23(25,26)27)18-7-4-10-29-21(18)13-28-22(29)16-5-3-6-17(24)11-16/h3-13H,1H2,2H3. The van der Waals surface area contributed by atoms with Gasteiger partial charge in [-0.1, -0.05) is 36.4 Å². The molecule has 4 aromatic rings. The second-order valence-corrected chi connectivity index (χ2v) is 6.81. The Morgan fingerprint density at radius 2 is 1.79 bits per heavy atom. The fraction of sp³-hybridized carbons (Fsp3) is 0.0870. The number of allylic oxidation sites excluding steroid dienone is 1. The van der Waals surface area contributed by atoms with Crippen LogP contribution in [-0.4, -0.2) is 9.38 Å². The van der Waals surface area contributed by atoms with Gasteiger partial charge in [0.05, 0.1) is 17.3 Å². The highest BCUT2D eigenvalue weighted by Crippen LogP contribution is 2.38. The summed E-state index contributed by atoms with van der Waals surface area (Å²) in [5.74, 6) is 0.178. The number of nitrogens with zero attached hydrogens (tertiary/aromatic N) is 2. The second kappa shape index (κ2) is 6.88. The van der Waals surface area contributed by atoms with Crippen molar-refractivity contribution in [1.29, 1.82) is 0 Å². The van der Waals surface area contributed by atoms with E-state index in [1.54, 1.807) is 41.9 Å². The molecule has 2 nitrogen and oxygen atoms in total. The molecular weight excluding hydrogens is 380 g/mol. The molecule has 0 aliphatic carbocycles. The average molecular weight is 396 g/mol. The van der Waals surface area contributed by atoms with Crippen LogP contribution < -0.4 is 0 Å². The summed E-state index contributed by atoms with van der Waals surface area (Å²) < 4.78 is 55.4. The van der Waals surface area contributed by atoms with Crippen molar-refractivity contribution >= 4 is 11.1 Å². The number of hydrogen-bond acceptors (Lipinski definition) is 1. The molecule has 0 aliphatic rings. The van der Waals surface area contributed by atoms with Crippen molar-refractivity contribution in [3.05, 3.63) is 90.5 Å². The molecule has 146 valence electrons. The van der Waals surface area contributed by atoms with Gasteiger partial charge >= 0.3 is 6.18 Å². The van der Waals surface area contributed by atoms with E-state index in [0.717, 1.165) is 11.6 Å². The van der Waals surface area contributed by atoms with Crippen LogP contribution in [0.5, 0.6) is 0 Å². The summed E-state index contributed by atoms with van der Waals surface area (Å²) in [6.45, 7) is 5.25. The molecule has 2 aromatic carbocycles. The van der Waals surface area contributed by atoms with Gasteiger partial charge in [-0.3, -0.25) is 4.40 Å². The number of alkyl halides is 3. The maximum Gasteiger partial charge on any atom is 0.416 e. The average Bonchev–Trinajstić information content (AvgIpc) is 3.11. The molecule has 0 atom stereocenters. The van der Waals surface area contributed by atoms with Crippen molar-refractivity contribution in [3.8, 4) is 22.5 Å². The molecule has 2 heterocycles. The van der Waals surface area contributed by atoms with Crippen LogP contribution in [0.2, 0.25) is 0 Å². The number of fused-ring (bicyclic) bond motifs is 1. The Morgan fingerprint density at radius 1 is 1.00 bits per heavy atom. The molecule has 0 fully saturated rings. The minimum absolute atomic E-state index is 0.0573. The van der Waals surface area contributed by atoms with E-state index in [9.17, 15) is 17.6 Å². The fourth-order valence-electron chi connectivity index (χ4n) is 3.42. The summed E-state index contributed by atoms with van der Waals surface area (Å²) in [6, 6.07) is 13.7. The number of pyridine rings is 1. The molecule has 0 saturated heterocycles. The molecule has 0 amide bonds. The molecule has 6 heteroatoms. The Kier molecular flexibility index (Phi) is 4.49. The lowest BCUT2D eigenvalue weighted by Gasteiger charge is -2.15. The molecule has 0 saturated carbocycles. The quantitative estimate of drug-likeness (QED) is 0.346. The van der Waals surface area contributed by atoms with E-state index >= 15 is 0 Å². The highest BCUT2D eigenvalue weighted by atomic mass is 19.4. The van der Waals surface area contributed by atoms with Crippen LogP contribution in [0.1, 0.15) is 18.1 Å². The van der Waals surface area contributed by atoms with Gasteiger partial charge in [0.25, 0.3) is 0 Å². The predicted molar refractivity (Wildman–Crippen MR) is 106 cm³/mol. The zero-order valence-corrected chi connectivity index (χ0v) is 15.5. The highest BCUT2D eigenvalue weighted by Gasteiger charge is 2.33. The van der Waals surface area contributed by atoms with Gasteiger partial charge in [0.1, 0.15) is 11.6 Å². The zero-order valence-electron chi connectivity index (χ0n) is 15.5. The minimum Gasteiger partial charge on any atom is -0.299 e. The molecular formula is C23H16F4N2. The van der Waals surface area contributed by atoms with Gasteiger partial charge in [-0.15, -0.1) is 0 Å². The van der Waals surface area contributed by atoms with Gasteiger partial charge in [0.15, 0.2) is 0 Å².